The summed E-state index contributed by atoms with van der Waals surface area (Å²) in [6, 6.07) is 4.06. The Labute approximate surface area is 111 Å². The molecule has 0 radical (unpaired) electrons. The molecule has 1 aromatic carbocycles. The van der Waals surface area contributed by atoms with Gasteiger partial charge in [0.15, 0.2) is 5.82 Å². The van der Waals surface area contributed by atoms with Crippen LogP contribution in [0.3, 0.4) is 0 Å². The SMILES string of the molecule is O=c1[nH]cc(-c2cc(Cl)c(Cl)cc2Cl)cc1F. The number of aromatic nitrogens is 1. The Bertz CT molecular complexity index is 639. The Balaban J connectivity index is 2.64. The maximum Gasteiger partial charge on any atom is 0.283 e. The Morgan fingerprint density at radius 1 is 1.00 bits per heavy atom. The lowest BCUT2D eigenvalue weighted by molar-refractivity contribution is 0.609. The first-order valence-corrected chi connectivity index (χ1v) is 5.65. The summed E-state index contributed by atoms with van der Waals surface area (Å²) in [6.07, 6.45) is 1.36. The third-order valence-electron chi connectivity index (χ3n) is 2.18. The number of halogens is 4. The predicted octanol–water partition coefficient (Wildman–Crippen LogP) is 4.14. The second kappa shape index (κ2) is 4.69. The number of aromatic amines is 1. The number of hydrogen-bond donors (Lipinski definition) is 1. The molecule has 1 N–H and O–H groups in total. The summed E-state index contributed by atoms with van der Waals surface area (Å²) in [6.45, 7) is 0. The van der Waals surface area contributed by atoms with Crippen molar-refractivity contribution in [1.29, 1.82) is 0 Å². The van der Waals surface area contributed by atoms with E-state index in [1.807, 2.05) is 0 Å². The molecule has 2 aromatic rings. The Morgan fingerprint density at radius 3 is 2.29 bits per heavy atom. The first-order chi connectivity index (χ1) is 7.99. The van der Waals surface area contributed by atoms with Gasteiger partial charge in [0.1, 0.15) is 0 Å². The van der Waals surface area contributed by atoms with Crippen LogP contribution in [0.25, 0.3) is 11.1 Å². The molecule has 0 saturated heterocycles. The van der Waals surface area contributed by atoms with Crippen LogP contribution in [0.1, 0.15) is 0 Å². The summed E-state index contributed by atoms with van der Waals surface area (Å²) in [5.74, 6) is -0.885. The molecular weight excluding hydrogens is 287 g/mol. The second-order valence-electron chi connectivity index (χ2n) is 3.31. The molecule has 17 heavy (non-hydrogen) atoms. The van der Waals surface area contributed by atoms with Crippen LogP contribution in [0.5, 0.6) is 0 Å². The van der Waals surface area contributed by atoms with Gasteiger partial charge in [0.05, 0.1) is 15.1 Å². The molecule has 0 amide bonds. The molecule has 0 saturated carbocycles. The second-order valence-corrected chi connectivity index (χ2v) is 4.53. The Hall–Kier alpha value is -1.03. The number of pyridine rings is 1. The van der Waals surface area contributed by atoms with Gasteiger partial charge >= 0.3 is 0 Å². The summed E-state index contributed by atoms with van der Waals surface area (Å²) in [4.78, 5) is 13.2. The first kappa shape index (κ1) is 12.4. The number of benzene rings is 1. The fraction of sp³-hybridized carbons (Fsp3) is 0. The maximum atomic E-state index is 13.1. The molecule has 1 aromatic heterocycles. The van der Waals surface area contributed by atoms with Gasteiger partial charge in [-0.05, 0) is 18.2 Å². The normalized spacial score (nSPS) is 10.6. The van der Waals surface area contributed by atoms with Crippen molar-refractivity contribution in [1.82, 2.24) is 4.98 Å². The molecular formula is C11H5Cl3FNO. The quantitative estimate of drug-likeness (QED) is 0.787. The van der Waals surface area contributed by atoms with E-state index < -0.39 is 11.4 Å². The van der Waals surface area contributed by atoms with Crippen LogP contribution in [0.2, 0.25) is 15.1 Å². The van der Waals surface area contributed by atoms with E-state index in [1.165, 1.54) is 18.3 Å². The van der Waals surface area contributed by atoms with E-state index in [0.29, 0.717) is 26.2 Å². The molecule has 0 aliphatic heterocycles. The molecule has 1 heterocycles. The van der Waals surface area contributed by atoms with E-state index in [0.717, 1.165) is 6.07 Å². The molecule has 88 valence electrons. The van der Waals surface area contributed by atoms with Crippen LogP contribution in [-0.4, -0.2) is 4.98 Å². The van der Waals surface area contributed by atoms with Crippen LogP contribution in [-0.2, 0) is 0 Å². The summed E-state index contributed by atoms with van der Waals surface area (Å²) in [7, 11) is 0. The van der Waals surface area contributed by atoms with Crippen LogP contribution >= 0.6 is 34.8 Å². The van der Waals surface area contributed by atoms with E-state index in [2.05, 4.69) is 4.98 Å². The van der Waals surface area contributed by atoms with Crippen LogP contribution < -0.4 is 5.56 Å². The molecule has 0 bridgehead atoms. The Kier molecular flexibility index (Phi) is 3.43. The first-order valence-electron chi connectivity index (χ1n) is 4.52. The molecule has 0 aliphatic carbocycles. The van der Waals surface area contributed by atoms with Crippen LogP contribution in [0.4, 0.5) is 4.39 Å². The van der Waals surface area contributed by atoms with Gasteiger partial charge in [0.2, 0.25) is 0 Å². The number of rotatable bonds is 1. The molecule has 0 spiro atoms. The number of H-pyrrole nitrogens is 1. The van der Waals surface area contributed by atoms with Crippen molar-refractivity contribution in [2.45, 2.75) is 0 Å². The highest BCUT2D eigenvalue weighted by molar-refractivity contribution is 6.44. The lowest BCUT2D eigenvalue weighted by atomic mass is 10.1. The smallest absolute Gasteiger partial charge is 0.283 e. The van der Waals surface area contributed by atoms with Gasteiger partial charge in [-0.2, -0.15) is 0 Å². The summed E-state index contributed by atoms with van der Waals surface area (Å²) >= 11 is 17.6. The van der Waals surface area contributed by atoms with E-state index >= 15 is 0 Å². The highest BCUT2D eigenvalue weighted by Gasteiger charge is 2.10. The van der Waals surface area contributed by atoms with Gasteiger partial charge in [-0.3, -0.25) is 4.79 Å². The van der Waals surface area contributed by atoms with E-state index in [1.54, 1.807) is 0 Å². The average molecular weight is 293 g/mol. The summed E-state index contributed by atoms with van der Waals surface area (Å²) in [5, 5.41) is 0.939. The highest BCUT2D eigenvalue weighted by Crippen LogP contribution is 2.34. The zero-order valence-electron chi connectivity index (χ0n) is 8.23. The summed E-state index contributed by atoms with van der Waals surface area (Å²) in [5.41, 5.74) is 0.131. The van der Waals surface area contributed by atoms with Gasteiger partial charge < -0.3 is 4.98 Å². The van der Waals surface area contributed by atoms with Crippen molar-refractivity contribution >= 4 is 34.8 Å². The van der Waals surface area contributed by atoms with Crippen molar-refractivity contribution < 1.29 is 4.39 Å². The summed E-state index contributed by atoms with van der Waals surface area (Å²) < 4.78 is 13.1. The van der Waals surface area contributed by atoms with Gasteiger partial charge in [0.25, 0.3) is 5.56 Å². The van der Waals surface area contributed by atoms with E-state index in [4.69, 9.17) is 34.8 Å². The molecule has 0 unspecified atom stereocenters. The molecule has 0 atom stereocenters. The number of hydrogen-bond acceptors (Lipinski definition) is 1. The zero-order valence-corrected chi connectivity index (χ0v) is 10.5. The standard InChI is InChI=1S/C11H5Cl3FNO/c12-7-3-9(14)8(13)2-6(7)5-1-10(15)11(17)16-4-5/h1-4H,(H,16,17). The molecule has 6 heteroatoms. The fourth-order valence-corrected chi connectivity index (χ4v) is 2.01. The van der Waals surface area contributed by atoms with Crippen molar-refractivity contribution in [3.63, 3.8) is 0 Å². The average Bonchev–Trinajstić information content (AvgIpc) is 2.27. The van der Waals surface area contributed by atoms with Crippen molar-refractivity contribution in [2.24, 2.45) is 0 Å². The van der Waals surface area contributed by atoms with Crippen molar-refractivity contribution in [3.05, 3.63) is 55.6 Å². The van der Waals surface area contributed by atoms with Crippen molar-refractivity contribution in [3.8, 4) is 11.1 Å². The van der Waals surface area contributed by atoms with Gasteiger partial charge in [-0.1, -0.05) is 34.8 Å². The monoisotopic (exact) mass is 291 g/mol. The van der Waals surface area contributed by atoms with Crippen molar-refractivity contribution in [2.75, 3.05) is 0 Å². The van der Waals surface area contributed by atoms with Gasteiger partial charge in [0, 0.05) is 17.3 Å². The van der Waals surface area contributed by atoms with Crippen LogP contribution in [0, 0.1) is 5.82 Å². The minimum absolute atomic E-state index is 0.303. The minimum atomic E-state index is -0.885. The predicted molar refractivity (Wildman–Crippen MR) is 67.5 cm³/mol. The maximum absolute atomic E-state index is 13.1. The molecule has 2 rings (SSSR count). The highest BCUT2D eigenvalue weighted by atomic mass is 35.5. The lowest BCUT2D eigenvalue weighted by Crippen LogP contribution is -2.09. The lowest BCUT2D eigenvalue weighted by Gasteiger charge is -2.06. The molecule has 0 aliphatic rings. The van der Waals surface area contributed by atoms with Crippen LogP contribution in [0.15, 0.2) is 29.2 Å². The van der Waals surface area contributed by atoms with Gasteiger partial charge in [-0.25, -0.2) is 4.39 Å². The Morgan fingerprint density at radius 2 is 1.65 bits per heavy atom. The minimum Gasteiger partial charge on any atom is -0.326 e. The third kappa shape index (κ3) is 2.46. The molecule has 2 nitrogen and oxygen atoms in total. The van der Waals surface area contributed by atoms with E-state index in [9.17, 15) is 9.18 Å². The largest absolute Gasteiger partial charge is 0.326 e. The molecule has 0 fully saturated rings. The fourth-order valence-electron chi connectivity index (χ4n) is 1.36. The van der Waals surface area contributed by atoms with E-state index in [-0.39, 0.29) is 0 Å². The zero-order chi connectivity index (χ0) is 12.6. The number of nitrogens with one attached hydrogen (secondary N) is 1. The third-order valence-corrected chi connectivity index (χ3v) is 3.21. The van der Waals surface area contributed by atoms with Gasteiger partial charge in [-0.15, -0.1) is 0 Å². The topological polar surface area (TPSA) is 32.9 Å².